The first-order chi connectivity index (χ1) is 8.47. The maximum atomic E-state index is 12.9. The first-order valence-corrected chi connectivity index (χ1v) is 6.75. The highest BCUT2D eigenvalue weighted by molar-refractivity contribution is 9.10. The molecule has 100 valence electrons. The van der Waals surface area contributed by atoms with Gasteiger partial charge in [-0.25, -0.2) is 4.98 Å². The van der Waals surface area contributed by atoms with E-state index in [2.05, 4.69) is 26.2 Å². The third kappa shape index (κ3) is 3.37. The summed E-state index contributed by atoms with van der Waals surface area (Å²) in [5, 5.41) is 2.93. The van der Waals surface area contributed by atoms with Gasteiger partial charge in [-0.2, -0.15) is 13.2 Å². The summed E-state index contributed by atoms with van der Waals surface area (Å²) in [6, 6.07) is 1.17. The van der Waals surface area contributed by atoms with Crippen LogP contribution in [0.15, 0.2) is 16.7 Å². The lowest BCUT2D eigenvalue weighted by Crippen LogP contribution is -2.25. The molecule has 6 heteroatoms. The molecule has 0 saturated heterocycles. The number of halogens is 4. The number of hydrogen-bond acceptors (Lipinski definition) is 2. The molecule has 0 bridgehead atoms. The van der Waals surface area contributed by atoms with E-state index in [9.17, 15) is 13.2 Å². The molecule has 0 unspecified atom stereocenters. The zero-order valence-electron chi connectivity index (χ0n) is 9.73. The largest absolute Gasteiger partial charge is 0.419 e. The van der Waals surface area contributed by atoms with Crippen molar-refractivity contribution >= 4 is 21.7 Å². The van der Waals surface area contributed by atoms with E-state index < -0.39 is 11.7 Å². The Kier molecular flexibility index (Phi) is 4.14. The van der Waals surface area contributed by atoms with E-state index in [1.54, 1.807) is 0 Å². The molecule has 0 aromatic carbocycles. The van der Waals surface area contributed by atoms with Crippen LogP contribution in [0, 0.1) is 0 Å². The van der Waals surface area contributed by atoms with Gasteiger partial charge in [0.25, 0.3) is 0 Å². The fourth-order valence-electron chi connectivity index (χ4n) is 2.21. The Morgan fingerprint density at radius 1 is 1.22 bits per heavy atom. The van der Waals surface area contributed by atoms with E-state index >= 15 is 0 Å². The summed E-state index contributed by atoms with van der Waals surface area (Å²) >= 11 is 3.02. The average molecular weight is 323 g/mol. The predicted molar refractivity (Wildman–Crippen MR) is 67.4 cm³/mol. The second-order valence-electron chi connectivity index (χ2n) is 4.53. The summed E-state index contributed by atoms with van der Waals surface area (Å²) in [7, 11) is 0. The number of nitrogens with one attached hydrogen (secondary N) is 1. The molecule has 1 heterocycles. The third-order valence-electron chi connectivity index (χ3n) is 3.11. The van der Waals surface area contributed by atoms with Gasteiger partial charge in [-0.15, -0.1) is 0 Å². The quantitative estimate of drug-likeness (QED) is 0.860. The standard InChI is InChI=1S/C12H14BrF3N2/c13-8-6-10(12(14,15)16)11(17-7-8)18-9-4-2-1-3-5-9/h6-7,9H,1-5H2,(H,17,18). The number of anilines is 1. The van der Waals surface area contributed by atoms with Crippen LogP contribution >= 0.6 is 15.9 Å². The van der Waals surface area contributed by atoms with E-state index in [0.717, 1.165) is 38.2 Å². The summed E-state index contributed by atoms with van der Waals surface area (Å²) in [6.45, 7) is 0. The fraction of sp³-hybridized carbons (Fsp3) is 0.583. The normalized spacial score (nSPS) is 17.8. The molecule has 0 spiro atoms. The van der Waals surface area contributed by atoms with Crippen molar-refractivity contribution in [1.82, 2.24) is 4.98 Å². The van der Waals surface area contributed by atoms with Crippen molar-refractivity contribution < 1.29 is 13.2 Å². The molecule has 0 amide bonds. The van der Waals surface area contributed by atoms with Gasteiger partial charge in [-0.3, -0.25) is 0 Å². The molecule has 2 nitrogen and oxygen atoms in total. The number of pyridine rings is 1. The van der Waals surface area contributed by atoms with Crippen molar-refractivity contribution in [2.45, 2.75) is 44.3 Å². The second kappa shape index (κ2) is 5.47. The van der Waals surface area contributed by atoms with Crippen LogP contribution in [0.1, 0.15) is 37.7 Å². The van der Waals surface area contributed by atoms with Crippen LogP contribution in [-0.4, -0.2) is 11.0 Å². The minimum absolute atomic E-state index is 0.0578. The number of alkyl halides is 3. The van der Waals surface area contributed by atoms with Crippen molar-refractivity contribution in [3.63, 3.8) is 0 Å². The van der Waals surface area contributed by atoms with Crippen LogP contribution in [0.3, 0.4) is 0 Å². The molecular weight excluding hydrogens is 309 g/mol. The van der Waals surface area contributed by atoms with Gasteiger partial charge in [0.2, 0.25) is 0 Å². The first kappa shape index (κ1) is 13.6. The number of aromatic nitrogens is 1. The lowest BCUT2D eigenvalue weighted by Gasteiger charge is -2.24. The molecule has 0 atom stereocenters. The molecule has 18 heavy (non-hydrogen) atoms. The molecule has 1 fully saturated rings. The van der Waals surface area contributed by atoms with E-state index in [1.807, 2.05) is 0 Å². The molecule has 1 aromatic rings. The number of hydrogen-bond donors (Lipinski definition) is 1. The molecule has 2 rings (SSSR count). The van der Waals surface area contributed by atoms with Gasteiger partial charge < -0.3 is 5.32 Å². The Morgan fingerprint density at radius 2 is 1.89 bits per heavy atom. The van der Waals surface area contributed by atoms with Crippen LogP contribution in [0.25, 0.3) is 0 Å². The van der Waals surface area contributed by atoms with Gasteiger partial charge in [0.15, 0.2) is 0 Å². The zero-order valence-corrected chi connectivity index (χ0v) is 11.3. The van der Waals surface area contributed by atoms with Crippen molar-refractivity contribution in [3.05, 3.63) is 22.3 Å². The monoisotopic (exact) mass is 322 g/mol. The SMILES string of the molecule is FC(F)(F)c1cc(Br)cnc1NC1CCCCC1. The Hall–Kier alpha value is -0.780. The highest BCUT2D eigenvalue weighted by Crippen LogP contribution is 2.36. The van der Waals surface area contributed by atoms with Crippen molar-refractivity contribution in [1.29, 1.82) is 0 Å². The van der Waals surface area contributed by atoms with Gasteiger partial charge in [0.05, 0.1) is 5.56 Å². The van der Waals surface area contributed by atoms with Gasteiger partial charge >= 0.3 is 6.18 Å². The average Bonchev–Trinajstić information content (AvgIpc) is 2.31. The molecule has 1 aliphatic carbocycles. The summed E-state index contributed by atoms with van der Waals surface area (Å²) < 4.78 is 39.0. The maximum Gasteiger partial charge on any atom is 0.419 e. The van der Waals surface area contributed by atoms with Crippen molar-refractivity contribution in [2.75, 3.05) is 5.32 Å². The van der Waals surface area contributed by atoms with E-state index in [0.29, 0.717) is 4.47 Å². The number of rotatable bonds is 2. The van der Waals surface area contributed by atoms with Crippen LogP contribution < -0.4 is 5.32 Å². The second-order valence-corrected chi connectivity index (χ2v) is 5.44. The van der Waals surface area contributed by atoms with Crippen LogP contribution in [-0.2, 0) is 6.18 Å². The minimum atomic E-state index is -4.38. The minimum Gasteiger partial charge on any atom is -0.367 e. The Labute approximate surface area is 112 Å². The number of nitrogens with zero attached hydrogens (tertiary/aromatic N) is 1. The summed E-state index contributed by atoms with van der Waals surface area (Å²) in [6.07, 6.45) is 2.13. The summed E-state index contributed by atoms with van der Waals surface area (Å²) in [5.41, 5.74) is -0.706. The summed E-state index contributed by atoms with van der Waals surface area (Å²) in [5.74, 6) is -0.0578. The molecular formula is C12H14BrF3N2. The van der Waals surface area contributed by atoms with E-state index in [-0.39, 0.29) is 11.9 Å². The van der Waals surface area contributed by atoms with Crippen molar-refractivity contribution in [2.24, 2.45) is 0 Å². The highest BCUT2D eigenvalue weighted by Gasteiger charge is 2.35. The Balaban J connectivity index is 2.21. The van der Waals surface area contributed by atoms with Gasteiger partial charge in [-0.05, 0) is 34.8 Å². The summed E-state index contributed by atoms with van der Waals surface area (Å²) in [4.78, 5) is 3.86. The molecule has 1 saturated carbocycles. The van der Waals surface area contributed by atoms with E-state index in [4.69, 9.17) is 0 Å². The molecule has 0 radical (unpaired) electrons. The predicted octanol–water partition coefficient (Wildman–Crippen LogP) is 4.61. The molecule has 0 aliphatic heterocycles. The molecule has 1 aromatic heterocycles. The van der Waals surface area contributed by atoms with Crippen LogP contribution in [0.4, 0.5) is 19.0 Å². The van der Waals surface area contributed by atoms with Gasteiger partial charge in [0, 0.05) is 16.7 Å². The first-order valence-electron chi connectivity index (χ1n) is 5.96. The van der Waals surface area contributed by atoms with Crippen LogP contribution in [0.2, 0.25) is 0 Å². The van der Waals surface area contributed by atoms with E-state index in [1.165, 1.54) is 6.20 Å². The van der Waals surface area contributed by atoms with Gasteiger partial charge in [-0.1, -0.05) is 19.3 Å². The molecule has 1 N–H and O–H groups in total. The smallest absolute Gasteiger partial charge is 0.367 e. The topological polar surface area (TPSA) is 24.9 Å². The zero-order chi connectivity index (χ0) is 13.2. The third-order valence-corrected chi connectivity index (χ3v) is 3.54. The highest BCUT2D eigenvalue weighted by atomic mass is 79.9. The van der Waals surface area contributed by atoms with Gasteiger partial charge in [0.1, 0.15) is 5.82 Å². The fourth-order valence-corrected chi connectivity index (χ4v) is 2.54. The maximum absolute atomic E-state index is 12.9. The lowest BCUT2D eigenvalue weighted by molar-refractivity contribution is -0.137. The van der Waals surface area contributed by atoms with Crippen molar-refractivity contribution in [3.8, 4) is 0 Å². The molecule has 1 aliphatic rings. The van der Waals surface area contributed by atoms with Crippen LogP contribution in [0.5, 0.6) is 0 Å². The lowest BCUT2D eigenvalue weighted by atomic mass is 9.95. The Morgan fingerprint density at radius 3 is 2.50 bits per heavy atom. The Bertz CT molecular complexity index is 414.